The van der Waals surface area contributed by atoms with Crippen molar-refractivity contribution in [2.24, 2.45) is 0 Å². The van der Waals surface area contributed by atoms with Crippen LogP contribution in [0.2, 0.25) is 0 Å². The van der Waals surface area contributed by atoms with E-state index in [0.29, 0.717) is 39.6 Å². The van der Waals surface area contributed by atoms with Crippen LogP contribution in [0.3, 0.4) is 0 Å². The second kappa shape index (κ2) is 16.1. The molecule has 0 bridgehead atoms. The molecule has 1 spiro atoms. The third kappa shape index (κ3) is 8.04. The quantitative estimate of drug-likeness (QED) is 0.178. The van der Waals surface area contributed by atoms with Gasteiger partial charge in [-0.1, -0.05) is 30.3 Å². The zero-order valence-corrected chi connectivity index (χ0v) is 26.4. The molecule has 3 aromatic carbocycles. The number of hydrogen-bond donors (Lipinski definition) is 1. The summed E-state index contributed by atoms with van der Waals surface area (Å²) < 4.78 is 40.8. The Morgan fingerprint density at radius 1 is 0.750 bits per heavy atom. The highest BCUT2D eigenvalue weighted by molar-refractivity contribution is 5.47. The lowest BCUT2D eigenvalue weighted by Crippen LogP contribution is -2.38. The van der Waals surface area contributed by atoms with Crippen LogP contribution < -0.4 is 24.3 Å². The number of rotatable bonds is 17. The summed E-state index contributed by atoms with van der Waals surface area (Å²) in [5.41, 5.74) is 4.91. The molecular weight excluding hydrogens is 558 g/mol. The van der Waals surface area contributed by atoms with Gasteiger partial charge in [-0.2, -0.15) is 0 Å². The van der Waals surface area contributed by atoms with Crippen molar-refractivity contribution >= 4 is 0 Å². The molecule has 1 fully saturated rings. The fourth-order valence-electron chi connectivity index (χ4n) is 6.34. The van der Waals surface area contributed by atoms with Crippen LogP contribution in [0.25, 0.3) is 0 Å². The van der Waals surface area contributed by atoms with Gasteiger partial charge < -0.3 is 38.5 Å². The maximum atomic E-state index is 6.67. The third-order valence-corrected chi connectivity index (χ3v) is 8.66. The minimum atomic E-state index is 0.00371. The van der Waals surface area contributed by atoms with Gasteiger partial charge in [0.15, 0.2) is 11.5 Å². The molecule has 8 heteroatoms. The molecule has 1 atom stereocenters. The number of benzene rings is 3. The van der Waals surface area contributed by atoms with Crippen LogP contribution in [-0.2, 0) is 32.8 Å². The number of methoxy groups -OCH3 is 3. The smallest absolute Gasteiger partial charge is 0.161 e. The molecule has 0 radical (unpaired) electrons. The maximum Gasteiger partial charge on any atom is 0.161 e. The van der Waals surface area contributed by atoms with E-state index in [1.165, 1.54) is 11.1 Å². The van der Waals surface area contributed by atoms with Crippen molar-refractivity contribution in [2.45, 2.75) is 56.8 Å². The highest BCUT2D eigenvalue weighted by Gasteiger charge is 2.45. The molecule has 1 N–H and O–H groups in total. The number of piperidine rings is 1. The van der Waals surface area contributed by atoms with E-state index < -0.39 is 0 Å². The van der Waals surface area contributed by atoms with Crippen LogP contribution in [-0.4, -0.2) is 60.8 Å². The summed E-state index contributed by atoms with van der Waals surface area (Å²) >= 11 is 0. The Bertz CT molecular complexity index is 1320. The molecule has 44 heavy (non-hydrogen) atoms. The normalized spacial score (nSPS) is 16.9. The molecular formula is C36H47NO7. The summed E-state index contributed by atoms with van der Waals surface area (Å²) in [6, 6.07) is 20.6. The van der Waals surface area contributed by atoms with Crippen molar-refractivity contribution in [3.05, 3.63) is 82.9 Å². The van der Waals surface area contributed by atoms with Gasteiger partial charge >= 0.3 is 0 Å². The highest BCUT2D eigenvalue weighted by atomic mass is 16.5. The SMILES string of the molecule is COCCCOc1cc(CO[C@@H]2CC3(CCNCC3)c3ccc(OCCCOCc4ccccc4OC)cc32)ccc1OC. The molecule has 3 aromatic rings. The first-order chi connectivity index (χ1) is 21.7. The summed E-state index contributed by atoms with van der Waals surface area (Å²) in [6.45, 7) is 5.50. The Kier molecular flexibility index (Phi) is 11.8. The average molecular weight is 606 g/mol. The van der Waals surface area contributed by atoms with E-state index in [2.05, 4.69) is 23.5 Å². The molecule has 2 aliphatic rings. The first-order valence-electron chi connectivity index (χ1n) is 15.7. The standard InChI is InChI=1S/C36H47NO7/c1-38-18-6-21-43-34-22-27(10-13-33(34)40-3)25-44-35-24-36(14-16-37-17-15-36)31-12-11-29(23-30(31)35)42-20-7-19-41-26-28-8-4-5-9-32(28)39-2/h4-5,8-13,22-23,35,37H,6-7,14-21,24-26H2,1-3H3/t35-/m1/s1. The maximum absolute atomic E-state index is 6.67. The van der Waals surface area contributed by atoms with E-state index in [1.807, 2.05) is 42.5 Å². The van der Waals surface area contributed by atoms with Gasteiger partial charge in [-0.05, 0) is 79.4 Å². The van der Waals surface area contributed by atoms with Crippen LogP contribution in [0.1, 0.15) is 60.5 Å². The Balaban J connectivity index is 1.19. The van der Waals surface area contributed by atoms with Crippen molar-refractivity contribution in [2.75, 3.05) is 60.8 Å². The van der Waals surface area contributed by atoms with Crippen LogP contribution in [0.4, 0.5) is 0 Å². The number of fused-ring (bicyclic) bond motifs is 2. The summed E-state index contributed by atoms with van der Waals surface area (Å²) in [6.07, 6.45) is 4.84. The number of para-hydroxylation sites is 1. The molecule has 5 rings (SSSR count). The van der Waals surface area contributed by atoms with Crippen molar-refractivity contribution < 1.29 is 33.2 Å². The van der Waals surface area contributed by atoms with Gasteiger partial charge in [-0.15, -0.1) is 0 Å². The molecule has 1 aliphatic carbocycles. The van der Waals surface area contributed by atoms with Crippen LogP contribution in [0, 0.1) is 0 Å². The Morgan fingerprint density at radius 3 is 2.36 bits per heavy atom. The van der Waals surface area contributed by atoms with Gasteiger partial charge in [-0.3, -0.25) is 0 Å². The molecule has 0 unspecified atom stereocenters. The Hall–Kier alpha value is -3.30. The predicted molar refractivity (Wildman–Crippen MR) is 170 cm³/mol. The van der Waals surface area contributed by atoms with Gasteiger partial charge in [0.2, 0.25) is 0 Å². The van der Waals surface area contributed by atoms with Gasteiger partial charge in [-0.25, -0.2) is 0 Å². The summed E-state index contributed by atoms with van der Waals surface area (Å²) in [4.78, 5) is 0. The predicted octanol–water partition coefficient (Wildman–Crippen LogP) is 6.39. The highest BCUT2D eigenvalue weighted by Crippen LogP contribution is 2.52. The zero-order valence-electron chi connectivity index (χ0n) is 26.4. The first kappa shape index (κ1) is 32.1. The molecule has 8 nitrogen and oxygen atoms in total. The molecule has 0 saturated carbocycles. The van der Waals surface area contributed by atoms with Crippen LogP contribution >= 0.6 is 0 Å². The van der Waals surface area contributed by atoms with E-state index in [-0.39, 0.29) is 11.5 Å². The molecule has 1 saturated heterocycles. The molecule has 1 heterocycles. The van der Waals surface area contributed by atoms with E-state index in [9.17, 15) is 0 Å². The molecule has 0 amide bonds. The molecule has 1 aliphatic heterocycles. The van der Waals surface area contributed by atoms with Crippen LogP contribution in [0.15, 0.2) is 60.7 Å². The van der Waals surface area contributed by atoms with E-state index in [0.717, 1.165) is 79.3 Å². The van der Waals surface area contributed by atoms with E-state index in [1.54, 1.807) is 21.3 Å². The zero-order chi connectivity index (χ0) is 30.6. The van der Waals surface area contributed by atoms with Crippen molar-refractivity contribution in [1.29, 1.82) is 0 Å². The lowest BCUT2D eigenvalue weighted by atomic mass is 9.74. The minimum absolute atomic E-state index is 0.00371. The van der Waals surface area contributed by atoms with Crippen molar-refractivity contribution in [3.8, 4) is 23.0 Å². The largest absolute Gasteiger partial charge is 0.496 e. The van der Waals surface area contributed by atoms with E-state index in [4.69, 9.17) is 33.2 Å². The fraction of sp³-hybridized carbons (Fsp3) is 0.500. The Labute approximate surface area is 261 Å². The van der Waals surface area contributed by atoms with Crippen LogP contribution in [0.5, 0.6) is 23.0 Å². The van der Waals surface area contributed by atoms with Gasteiger partial charge in [0.25, 0.3) is 0 Å². The van der Waals surface area contributed by atoms with Gasteiger partial charge in [0, 0.05) is 37.5 Å². The molecule has 238 valence electrons. The fourth-order valence-corrected chi connectivity index (χ4v) is 6.34. The molecule has 0 aromatic heterocycles. The van der Waals surface area contributed by atoms with Crippen molar-refractivity contribution in [1.82, 2.24) is 5.32 Å². The van der Waals surface area contributed by atoms with Gasteiger partial charge in [0.1, 0.15) is 11.5 Å². The lowest BCUT2D eigenvalue weighted by Gasteiger charge is -2.35. The third-order valence-electron chi connectivity index (χ3n) is 8.66. The first-order valence-corrected chi connectivity index (χ1v) is 15.7. The number of ether oxygens (including phenoxy) is 7. The second-order valence-corrected chi connectivity index (χ2v) is 11.5. The number of hydrogen-bond acceptors (Lipinski definition) is 8. The summed E-state index contributed by atoms with van der Waals surface area (Å²) in [7, 11) is 5.04. The van der Waals surface area contributed by atoms with E-state index >= 15 is 0 Å². The monoisotopic (exact) mass is 605 g/mol. The summed E-state index contributed by atoms with van der Waals surface area (Å²) in [5.74, 6) is 3.18. The van der Waals surface area contributed by atoms with Gasteiger partial charge in [0.05, 0.1) is 53.4 Å². The lowest BCUT2D eigenvalue weighted by molar-refractivity contribution is 0.0265. The van der Waals surface area contributed by atoms with Crippen molar-refractivity contribution in [3.63, 3.8) is 0 Å². The second-order valence-electron chi connectivity index (χ2n) is 11.5. The Morgan fingerprint density at radius 2 is 1.55 bits per heavy atom. The minimum Gasteiger partial charge on any atom is -0.496 e. The number of nitrogens with one attached hydrogen (secondary N) is 1. The average Bonchev–Trinajstić information content (AvgIpc) is 3.35. The topological polar surface area (TPSA) is 76.6 Å². The summed E-state index contributed by atoms with van der Waals surface area (Å²) in [5, 5.41) is 3.54.